The van der Waals surface area contributed by atoms with Crippen LogP contribution in [0.1, 0.15) is 181 Å². The lowest BCUT2D eigenvalue weighted by Crippen LogP contribution is -2.25. The van der Waals surface area contributed by atoms with Gasteiger partial charge in [-0.05, 0) is 63.5 Å². The Kier molecular flexibility index (Phi) is 35.8. The van der Waals surface area contributed by atoms with Gasteiger partial charge in [0.1, 0.15) is 12.6 Å². The van der Waals surface area contributed by atoms with Gasteiger partial charge in [0.15, 0.2) is 12.6 Å². The van der Waals surface area contributed by atoms with Crippen molar-refractivity contribution in [1.82, 2.24) is 0 Å². The van der Waals surface area contributed by atoms with E-state index in [2.05, 4.69) is 38.2 Å². The Hall–Kier alpha value is -1.30. The lowest BCUT2D eigenvalue weighted by molar-refractivity contribution is -0.208. The molecule has 0 aromatic rings. The standard InChI is InChI=1S/C38H70O5/c1-3-5-7-29-35-41-37(31-25-21-17-13-9-11-15-19-23-27-33-39)43-38(42-36-30-8-6-4-2)32-26-22-18-14-10-12-16-20-24-28-34-40/h25-26,31-34,37-38H,3-24,27-30,35-36H2,1-2H3. The number of hydrogen-bond acceptors (Lipinski definition) is 5. The molecule has 0 N–H and O–H groups in total. The molecule has 0 aliphatic carbocycles. The minimum atomic E-state index is -0.385. The topological polar surface area (TPSA) is 61.8 Å². The number of allylic oxidation sites excluding steroid dienone is 2. The van der Waals surface area contributed by atoms with Crippen molar-refractivity contribution in [3.63, 3.8) is 0 Å². The molecule has 0 heterocycles. The molecule has 0 rings (SSSR count). The highest BCUT2D eigenvalue weighted by Gasteiger charge is 2.13. The summed E-state index contributed by atoms with van der Waals surface area (Å²) in [5.74, 6) is 0. The molecule has 0 saturated heterocycles. The summed E-state index contributed by atoms with van der Waals surface area (Å²) in [6, 6.07) is 0. The number of rotatable bonds is 36. The average molecular weight is 607 g/mol. The predicted octanol–water partition coefficient (Wildman–Crippen LogP) is 11.4. The van der Waals surface area contributed by atoms with Crippen LogP contribution in [0.25, 0.3) is 0 Å². The first kappa shape index (κ1) is 41.7. The molecule has 0 amide bonds. The number of unbranched alkanes of at least 4 members (excludes halogenated alkanes) is 22. The average Bonchev–Trinajstić information content (AvgIpc) is 3.01. The van der Waals surface area contributed by atoms with Crippen LogP contribution in [-0.2, 0) is 23.8 Å². The zero-order chi connectivity index (χ0) is 31.3. The number of hydrogen-bond donors (Lipinski definition) is 0. The van der Waals surface area contributed by atoms with Gasteiger partial charge in [-0.1, -0.05) is 129 Å². The molecular formula is C38H70O5. The van der Waals surface area contributed by atoms with Crippen LogP contribution in [0, 0.1) is 0 Å². The van der Waals surface area contributed by atoms with E-state index >= 15 is 0 Å². The number of carbonyl (C=O) groups is 2. The van der Waals surface area contributed by atoms with Crippen LogP contribution in [0.15, 0.2) is 24.3 Å². The van der Waals surface area contributed by atoms with E-state index in [4.69, 9.17) is 14.2 Å². The summed E-state index contributed by atoms with van der Waals surface area (Å²) >= 11 is 0. The van der Waals surface area contributed by atoms with Gasteiger partial charge in [0.25, 0.3) is 0 Å². The van der Waals surface area contributed by atoms with Gasteiger partial charge in [-0.3, -0.25) is 0 Å². The van der Waals surface area contributed by atoms with Crippen molar-refractivity contribution in [1.29, 1.82) is 0 Å². The fourth-order valence-corrected chi connectivity index (χ4v) is 5.03. The largest absolute Gasteiger partial charge is 0.349 e. The van der Waals surface area contributed by atoms with E-state index in [-0.39, 0.29) is 12.6 Å². The fraction of sp³-hybridized carbons (Fsp3) is 0.842. The second-order valence-corrected chi connectivity index (χ2v) is 12.0. The molecule has 0 aliphatic heterocycles. The molecule has 252 valence electrons. The van der Waals surface area contributed by atoms with Crippen molar-refractivity contribution in [2.24, 2.45) is 0 Å². The van der Waals surface area contributed by atoms with Gasteiger partial charge in [-0.15, -0.1) is 0 Å². The summed E-state index contributed by atoms with van der Waals surface area (Å²) in [7, 11) is 0. The van der Waals surface area contributed by atoms with Crippen LogP contribution in [0.5, 0.6) is 0 Å². The van der Waals surface area contributed by atoms with Crippen LogP contribution in [0.2, 0.25) is 0 Å². The Morgan fingerprint density at radius 2 is 0.744 bits per heavy atom. The molecule has 5 heteroatoms. The zero-order valence-corrected chi connectivity index (χ0v) is 28.5. The maximum Gasteiger partial charge on any atom is 0.180 e. The van der Waals surface area contributed by atoms with Crippen molar-refractivity contribution in [3.8, 4) is 0 Å². The lowest BCUT2D eigenvalue weighted by atomic mass is 10.1. The second-order valence-electron chi connectivity index (χ2n) is 12.0. The third kappa shape index (κ3) is 33.4. The first-order chi connectivity index (χ1) is 21.3. The zero-order valence-electron chi connectivity index (χ0n) is 28.5. The quantitative estimate of drug-likeness (QED) is 0.0307. The normalized spacial score (nSPS) is 13.3. The maximum absolute atomic E-state index is 10.4. The lowest BCUT2D eigenvalue weighted by Gasteiger charge is -2.22. The van der Waals surface area contributed by atoms with Crippen molar-refractivity contribution >= 4 is 12.6 Å². The van der Waals surface area contributed by atoms with Gasteiger partial charge in [-0.25, -0.2) is 0 Å². The minimum absolute atomic E-state index is 0.385. The predicted molar refractivity (Wildman–Crippen MR) is 182 cm³/mol. The Morgan fingerprint density at radius 3 is 1.09 bits per heavy atom. The number of ether oxygens (including phenoxy) is 3. The van der Waals surface area contributed by atoms with E-state index < -0.39 is 0 Å². The van der Waals surface area contributed by atoms with Crippen LogP contribution in [-0.4, -0.2) is 38.4 Å². The van der Waals surface area contributed by atoms with Gasteiger partial charge >= 0.3 is 0 Å². The molecule has 43 heavy (non-hydrogen) atoms. The molecule has 5 nitrogen and oxygen atoms in total. The van der Waals surface area contributed by atoms with Gasteiger partial charge in [0.05, 0.1) is 13.2 Å². The second kappa shape index (κ2) is 36.9. The SMILES string of the molecule is CCCCCCOC(C=CCCCCCCCCCC=O)OC(C=CCCCCCCCCCC=O)OCCCCCC. The number of carbonyl (C=O) groups excluding carboxylic acids is 2. The molecule has 0 aromatic carbocycles. The van der Waals surface area contributed by atoms with Crippen molar-refractivity contribution < 1.29 is 23.8 Å². The van der Waals surface area contributed by atoms with Crippen LogP contribution in [0.4, 0.5) is 0 Å². The highest BCUT2D eigenvalue weighted by Crippen LogP contribution is 2.14. The highest BCUT2D eigenvalue weighted by molar-refractivity contribution is 5.49. The molecule has 0 aromatic heterocycles. The number of aldehydes is 2. The van der Waals surface area contributed by atoms with E-state index in [1.165, 1.54) is 116 Å². The Labute approximate surface area is 267 Å². The fourth-order valence-electron chi connectivity index (χ4n) is 5.03. The van der Waals surface area contributed by atoms with Crippen LogP contribution >= 0.6 is 0 Å². The van der Waals surface area contributed by atoms with Crippen molar-refractivity contribution in [2.75, 3.05) is 13.2 Å². The molecule has 0 fully saturated rings. The van der Waals surface area contributed by atoms with Crippen molar-refractivity contribution in [3.05, 3.63) is 24.3 Å². The third-order valence-electron chi connectivity index (χ3n) is 7.80. The van der Waals surface area contributed by atoms with E-state index in [0.717, 1.165) is 51.1 Å². The summed E-state index contributed by atoms with van der Waals surface area (Å²) in [4.78, 5) is 20.8. The molecule has 0 radical (unpaired) electrons. The summed E-state index contributed by atoms with van der Waals surface area (Å²) in [5, 5.41) is 0. The van der Waals surface area contributed by atoms with E-state index in [9.17, 15) is 9.59 Å². The van der Waals surface area contributed by atoms with Crippen LogP contribution < -0.4 is 0 Å². The minimum Gasteiger partial charge on any atom is -0.349 e. The monoisotopic (exact) mass is 607 g/mol. The van der Waals surface area contributed by atoms with Gasteiger partial charge in [0.2, 0.25) is 0 Å². The van der Waals surface area contributed by atoms with Gasteiger partial charge in [-0.2, -0.15) is 0 Å². The van der Waals surface area contributed by atoms with Crippen LogP contribution in [0.3, 0.4) is 0 Å². The third-order valence-corrected chi connectivity index (χ3v) is 7.80. The van der Waals surface area contributed by atoms with E-state index in [1.54, 1.807) is 0 Å². The summed E-state index contributed by atoms with van der Waals surface area (Å²) in [5.41, 5.74) is 0. The summed E-state index contributed by atoms with van der Waals surface area (Å²) < 4.78 is 18.8. The van der Waals surface area contributed by atoms with Gasteiger partial charge in [0, 0.05) is 12.8 Å². The van der Waals surface area contributed by atoms with Gasteiger partial charge < -0.3 is 23.8 Å². The van der Waals surface area contributed by atoms with E-state index in [1.807, 2.05) is 0 Å². The summed E-state index contributed by atoms with van der Waals surface area (Å²) in [6.45, 7) is 5.88. The molecule has 0 aliphatic rings. The maximum atomic E-state index is 10.4. The molecule has 0 saturated carbocycles. The molecule has 2 atom stereocenters. The summed E-state index contributed by atoms with van der Waals surface area (Å²) in [6.07, 6.45) is 39.7. The molecule has 2 unspecified atom stereocenters. The molecular weight excluding hydrogens is 536 g/mol. The Balaban J connectivity index is 4.69. The Bertz CT molecular complexity index is 565. The van der Waals surface area contributed by atoms with E-state index in [0.29, 0.717) is 26.1 Å². The molecule has 0 spiro atoms. The first-order valence-electron chi connectivity index (χ1n) is 18.4. The molecule has 0 bridgehead atoms. The highest BCUT2D eigenvalue weighted by atomic mass is 16.8. The van der Waals surface area contributed by atoms with Crippen molar-refractivity contribution in [2.45, 2.75) is 193 Å². The smallest absolute Gasteiger partial charge is 0.180 e. The Morgan fingerprint density at radius 1 is 0.419 bits per heavy atom. The first-order valence-corrected chi connectivity index (χ1v) is 18.4.